The molecule has 0 unspecified atom stereocenters. The molecular weight excluding hydrogens is 192 g/mol. The molecule has 0 aliphatic heterocycles. The molecule has 0 aliphatic rings. The van der Waals surface area contributed by atoms with E-state index in [0.29, 0.717) is 5.92 Å². The van der Waals surface area contributed by atoms with Gasteiger partial charge in [0, 0.05) is 6.42 Å². The minimum absolute atomic E-state index is 0.0319. The molecule has 3 heteroatoms. The van der Waals surface area contributed by atoms with Crippen molar-refractivity contribution in [2.24, 2.45) is 0 Å². The highest BCUT2D eigenvalue weighted by molar-refractivity contribution is 6.33. The van der Waals surface area contributed by atoms with E-state index in [0.717, 1.165) is 11.1 Å². The van der Waals surface area contributed by atoms with Gasteiger partial charge in [0.2, 0.25) is 5.78 Å². The van der Waals surface area contributed by atoms with Gasteiger partial charge in [-0.3, -0.25) is 4.79 Å². The molecule has 0 saturated carbocycles. The lowest BCUT2D eigenvalue weighted by atomic mass is 9.99. The Bertz CT molecular complexity index is 380. The van der Waals surface area contributed by atoms with E-state index in [9.17, 15) is 9.59 Å². The zero-order valence-electron chi connectivity index (χ0n) is 8.86. The van der Waals surface area contributed by atoms with Crippen LogP contribution in [0.4, 0.5) is 0 Å². The van der Waals surface area contributed by atoms with E-state index >= 15 is 0 Å². The van der Waals surface area contributed by atoms with Crippen molar-refractivity contribution in [3.8, 4) is 0 Å². The minimum atomic E-state index is -1.37. The van der Waals surface area contributed by atoms with Crippen LogP contribution in [0.3, 0.4) is 0 Å². The molecule has 0 amide bonds. The van der Waals surface area contributed by atoms with Crippen LogP contribution in [0.15, 0.2) is 24.3 Å². The molecule has 3 nitrogen and oxygen atoms in total. The number of hydrogen-bond acceptors (Lipinski definition) is 2. The smallest absolute Gasteiger partial charge is 0.372 e. The fraction of sp³-hybridized carbons (Fsp3) is 0.333. The van der Waals surface area contributed by atoms with Gasteiger partial charge in [0.05, 0.1) is 0 Å². The van der Waals surface area contributed by atoms with Crippen molar-refractivity contribution in [1.82, 2.24) is 0 Å². The number of ketones is 1. The fourth-order valence-electron chi connectivity index (χ4n) is 1.32. The summed E-state index contributed by atoms with van der Waals surface area (Å²) < 4.78 is 0. The van der Waals surface area contributed by atoms with Crippen molar-refractivity contribution in [3.63, 3.8) is 0 Å². The van der Waals surface area contributed by atoms with Crippen molar-refractivity contribution in [3.05, 3.63) is 35.4 Å². The number of aliphatic carboxylic acids is 1. The molecule has 0 radical (unpaired) electrons. The molecule has 0 bridgehead atoms. The normalized spacial score (nSPS) is 10.3. The maximum atomic E-state index is 11.0. The number of carboxylic acids is 1. The topological polar surface area (TPSA) is 54.4 Å². The molecule has 0 atom stereocenters. The van der Waals surface area contributed by atoms with Gasteiger partial charge in [0.1, 0.15) is 0 Å². The van der Waals surface area contributed by atoms with E-state index in [1.807, 2.05) is 18.2 Å². The summed E-state index contributed by atoms with van der Waals surface area (Å²) in [7, 11) is 0. The summed E-state index contributed by atoms with van der Waals surface area (Å²) in [4.78, 5) is 21.4. The van der Waals surface area contributed by atoms with Gasteiger partial charge in [-0.15, -0.1) is 0 Å². The summed E-state index contributed by atoms with van der Waals surface area (Å²) in [6.07, 6.45) is -0.0319. The van der Waals surface area contributed by atoms with Gasteiger partial charge in [0.15, 0.2) is 0 Å². The number of Topliss-reactive ketones (excluding diaryl/α,β-unsaturated/α-hetero) is 1. The Morgan fingerprint density at radius 1 is 1.33 bits per heavy atom. The lowest BCUT2D eigenvalue weighted by molar-refractivity contribution is -0.148. The SMILES string of the molecule is CC(C)c1cccc(CC(=O)C(=O)O)c1. The Balaban J connectivity index is 2.82. The van der Waals surface area contributed by atoms with Crippen LogP contribution in [0, 0.1) is 0 Å². The number of hydrogen-bond donors (Lipinski definition) is 1. The standard InChI is InChI=1S/C12H14O3/c1-8(2)10-5-3-4-9(6-10)7-11(13)12(14)15/h3-6,8H,7H2,1-2H3,(H,14,15). The summed E-state index contributed by atoms with van der Waals surface area (Å²) in [5.41, 5.74) is 1.87. The number of carboxylic acid groups (broad SMARTS) is 1. The minimum Gasteiger partial charge on any atom is -0.475 e. The first-order valence-corrected chi connectivity index (χ1v) is 4.85. The van der Waals surface area contributed by atoms with E-state index in [2.05, 4.69) is 13.8 Å². The highest BCUT2D eigenvalue weighted by Crippen LogP contribution is 2.15. The molecule has 15 heavy (non-hydrogen) atoms. The zero-order valence-corrected chi connectivity index (χ0v) is 8.86. The third-order valence-electron chi connectivity index (χ3n) is 2.22. The lowest BCUT2D eigenvalue weighted by Crippen LogP contribution is -2.15. The Labute approximate surface area is 88.7 Å². The largest absolute Gasteiger partial charge is 0.475 e. The van der Waals surface area contributed by atoms with Crippen LogP contribution in [0.25, 0.3) is 0 Å². The van der Waals surface area contributed by atoms with Crippen molar-refractivity contribution >= 4 is 11.8 Å². The van der Waals surface area contributed by atoms with Crippen LogP contribution in [-0.4, -0.2) is 16.9 Å². The van der Waals surface area contributed by atoms with Gasteiger partial charge >= 0.3 is 5.97 Å². The van der Waals surface area contributed by atoms with Crippen LogP contribution in [0.1, 0.15) is 30.9 Å². The molecule has 1 rings (SSSR count). The van der Waals surface area contributed by atoms with Crippen LogP contribution < -0.4 is 0 Å². The van der Waals surface area contributed by atoms with Crippen LogP contribution >= 0.6 is 0 Å². The second kappa shape index (κ2) is 4.73. The second-order valence-electron chi connectivity index (χ2n) is 3.80. The number of carbonyl (C=O) groups is 2. The molecule has 1 aromatic rings. The molecule has 0 saturated heterocycles. The first-order chi connectivity index (χ1) is 7.00. The van der Waals surface area contributed by atoms with E-state index < -0.39 is 11.8 Å². The van der Waals surface area contributed by atoms with Gasteiger partial charge in [-0.1, -0.05) is 38.1 Å². The Hall–Kier alpha value is -1.64. The van der Waals surface area contributed by atoms with Crippen molar-refractivity contribution < 1.29 is 14.7 Å². The predicted molar refractivity (Wildman–Crippen MR) is 56.9 cm³/mol. The Morgan fingerprint density at radius 3 is 2.53 bits per heavy atom. The number of benzene rings is 1. The van der Waals surface area contributed by atoms with Gasteiger partial charge in [0.25, 0.3) is 0 Å². The molecular formula is C12H14O3. The molecule has 1 N–H and O–H groups in total. The Morgan fingerprint density at radius 2 is 2.00 bits per heavy atom. The van der Waals surface area contributed by atoms with E-state index in [-0.39, 0.29) is 6.42 Å². The average Bonchev–Trinajstić information content (AvgIpc) is 2.18. The van der Waals surface area contributed by atoms with Crippen LogP contribution in [0.2, 0.25) is 0 Å². The highest BCUT2D eigenvalue weighted by Gasteiger charge is 2.12. The Kier molecular flexibility index (Phi) is 3.61. The van der Waals surface area contributed by atoms with Gasteiger partial charge in [-0.2, -0.15) is 0 Å². The highest BCUT2D eigenvalue weighted by atomic mass is 16.4. The molecule has 0 heterocycles. The van der Waals surface area contributed by atoms with Gasteiger partial charge in [-0.25, -0.2) is 4.79 Å². The van der Waals surface area contributed by atoms with E-state index in [1.54, 1.807) is 6.07 Å². The molecule has 0 fully saturated rings. The predicted octanol–water partition coefficient (Wildman–Crippen LogP) is 2.01. The molecule has 0 spiro atoms. The van der Waals surface area contributed by atoms with Crippen molar-refractivity contribution in [2.45, 2.75) is 26.2 Å². The zero-order chi connectivity index (χ0) is 11.4. The third-order valence-corrected chi connectivity index (χ3v) is 2.22. The monoisotopic (exact) mass is 206 g/mol. The molecule has 0 aromatic heterocycles. The number of carbonyl (C=O) groups excluding carboxylic acids is 1. The summed E-state index contributed by atoms with van der Waals surface area (Å²) in [5, 5.41) is 8.47. The average molecular weight is 206 g/mol. The third kappa shape index (κ3) is 3.20. The summed E-state index contributed by atoms with van der Waals surface area (Å²) in [6.45, 7) is 4.11. The van der Waals surface area contributed by atoms with Crippen molar-refractivity contribution in [2.75, 3.05) is 0 Å². The summed E-state index contributed by atoms with van der Waals surface area (Å²) in [5.74, 6) is -1.76. The second-order valence-corrected chi connectivity index (χ2v) is 3.80. The lowest BCUT2D eigenvalue weighted by Gasteiger charge is -2.06. The number of rotatable bonds is 4. The first-order valence-electron chi connectivity index (χ1n) is 4.85. The maximum Gasteiger partial charge on any atom is 0.372 e. The fourth-order valence-corrected chi connectivity index (χ4v) is 1.32. The first kappa shape index (κ1) is 11.4. The van der Waals surface area contributed by atoms with Crippen LogP contribution in [0.5, 0.6) is 0 Å². The summed E-state index contributed by atoms with van der Waals surface area (Å²) in [6, 6.07) is 7.47. The maximum absolute atomic E-state index is 11.0. The quantitative estimate of drug-likeness (QED) is 0.766. The van der Waals surface area contributed by atoms with Crippen LogP contribution in [-0.2, 0) is 16.0 Å². The molecule has 0 aliphatic carbocycles. The van der Waals surface area contributed by atoms with Gasteiger partial charge in [-0.05, 0) is 17.0 Å². The van der Waals surface area contributed by atoms with E-state index in [4.69, 9.17) is 5.11 Å². The van der Waals surface area contributed by atoms with Gasteiger partial charge < -0.3 is 5.11 Å². The van der Waals surface area contributed by atoms with Crippen molar-refractivity contribution in [1.29, 1.82) is 0 Å². The molecule has 1 aromatic carbocycles. The molecule has 80 valence electrons. The van der Waals surface area contributed by atoms with E-state index in [1.165, 1.54) is 0 Å². The summed E-state index contributed by atoms with van der Waals surface area (Å²) >= 11 is 0.